The number of esters is 1. The number of carbonyl (C=O) groups excluding carboxylic acids is 1. The van der Waals surface area contributed by atoms with Gasteiger partial charge < -0.3 is 9.30 Å². The summed E-state index contributed by atoms with van der Waals surface area (Å²) in [4.78, 5) is 15.2. The van der Waals surface area contributed by atoms with Crippen LogP contribution in [0.1, 0.15) is 22.0 Å². The zero-order valence-corrected chi connectivity index (χ0v) is 7.71. The maximum atomic E-state index is 11.1. The Morgan fingerprint density at radius 2 is 2.08 bits per heavy atom. The van der Waals surface area contributed by atoms with E-state index in [1.54, 1.807) is 0 Å². The van der Waals surface area contributed by atoms with Crippen LogP contribution in [0.3, 0.4) is 0 Å². The molecule has 4 heteroatoms. The van der Waals surface area contributed by atoms with Crippen LogP contribution in [0, 0.1) is 13.8 Å². The van der Waals surface area contributed by atoms with Crippen LogP contribution < -0.4 is 0 Å². The molecule has 0 aliphatic heterocycles. The minimum atomic E-state index is -0.379. The lowest BCUT2D eigenvalue weighted by Gasteiger charge is -1.97. The molecule has 0 spiro atoms. The molecule has 0 radical (unpaired) electrons. The van der Waals surface area contributed by atoms with Gasteiger partial charge in [0, 0.05) is 12.7 Å². The van der Waals surface area contributed by atoms with E-state index >= 15 is 0 Å². The number of hydrogen-bond acceptors (Lipinski definition) is 3. The van der Waals surface area contributed by atoms with Gasteiger partial charge in [0.15, 0.2) is 5.69 Å². The van der Waals surface area contributed by atoms with Crippen molar-refractivity contribution in [3.05, 3.63) is 17.2 Å². The Bertz CT molecular complexity index is 315. The van der Waals surface area contributed by atoms with Crippen molar-refractivity contribution in [3.63, 3.8) is 0 Å². The molecule has 4 nitrogen and oxygen atoms in total. The highest BCUT2D eigenvalue weighted by molar-refractivity contribution is 5.88. The Labute approximate surface area is 71.2 Å². The normalized spacial score (nSPS) is 10.0. The third-order valence-corrected chi connectivity index (χ3v) is 1.98. The van der Waals surface area contributed by atoms with Crippen LogP contribution in [0.2, 0.25) is 0 Å². The molecule has 0 saturated carbocycles. The summed E-state index contributed by atoms with van der Waals surface area (Å²) in [5, 5.41) is 0. The number of rotatable bonds is 1. The minimum absolute atomic E-state index is 0.379. The summed E-state index contributed by atoms with van der Waals surface area (Å²) in [6, 6.07) is 0. The van der Waals surface area contributed by atoms with Gasteiger partial charge in [-0.1, -0.05) is 0 Å². The fourth-order valence-electron chi connectivity index (χ4n) is 1.01. The molecule has 0 aliphatic carbocycles. The molecule has 1 rings (SSSR count). The second-order valence-electron chi connectivity index (χ2n) is 2.64. The summed E-state index contributed by atoms with van der Waals surface area (Å²) < 4.78 is 6.42. The van der Waals surface area contributed by atoms with E-state index < -0.39 is 0 Å². The smallest absolute Gasteiger partial charge is 0.358 e. The Morgan fingerprint density at radius 1 is 1.50 bits per heavy atom. The largest absolute Gasteiger partial charge is 0.464 e. The monoisotopic (exact) mass is 168 g/mol. The topological polar surface area (TPSA) is 44.1 Å². The predicted molar refractivity (Wildman–Crippen MR) is 44.0 cm³/mol. The van der Waals surface area contributed by atoms with Crippen molar-refractivity contribution >= 4 is 5.97 Å². The van der Waals surface area contributed by atoms with Gasteiger partial charge in [-0.3, -0.25) is 0 Å². The van der Waals surface area contributed by atoms with E-state index in [9.17, 15) is 4.79 Å². The van der Waals surface area contributed by atoms with Gasteiger partial charge in [-0.25, -0.2) is 9.78 Å². The lowest BCUT2D eigenvalue weighted by atomic mass is 10.3. The van der Waals surface area contributed by atoms with Crippen molar-refractivity contribution in [2.75, 3.05) is 7.11 Å². The van der Waals surface area contributed by atoms with Gasteiger partial charge in [0.1, 0.15) is 5.82 Å². The standard InChI is InChI=1S/C8H12N2O2/c1-5-7(8(11)12-4)9-6(2)10(5)3/h1-4H3. The summed E-state index contributed by atoms with van der Waals surface area (Å²) >= 11 is 0. The molecular weight excluding hydrogens is 156 g/mol. The first-order valence-corrected chi connectivity index (χ1v) is 3.66. The number of ether oxygens (including phenoxy) is 1. The molecular formula is C8H12N2O2. The average molecular weight is 168 g/mol. The number of imidazole rings is 1. The summed E-state index contributed by atoms with van der Waals surface area (Å²) in [6.45, 7) is 3.69. The van der Waals surface area contributed by atoms with Gasteiger partial charge in [0.25, 0.3) is 0 Å². The van der Waals surface area contributed by atoms with Crippen molar-refractivity contribution in [2.24, 2.45) is 7.05 Å². The zero-order valence-electron chi connectivity index (χ0n) is 7.71. The molecule has 0 saturated heterocycles. The molecule has 1 aromatic rings. The van der Waals surface area contributed by atoms with Gasteiger partial charge in [0.05, 0.1) is 7.11 Å². The number of nitrogens with zero attached hydrogens (tertiary/aromatic N) is 2. The third-order valence-electron chi connectivity index (χ3n) is 1.98. The van der Waals surface area contributed by atoms with Crippen molar-refractivity contribution in [1.29, 1.82) is 0 Å². The average Bonchev–Trinajstić information content (AvgIpc) is 2.32. The van der Waals surface area contributed by atoms with Crippen LogP contribution in [-0.4, -0.2) is 22.6 Å². The van der Waals surface area contributed by atoms with E-state index in [2.05, 4.69) is 9.72 Å². The Morgan fingerprint density at radius 3 is 2.42 bits per heavy atom. The fraction of sp³-hybridized carbons (Fsp3) is 0.500. The van der Waals surface area contributed by atoms with E-state index in [4.69, 9.17) is 0 Å². The minimum Gasteiger partial charge on any atom is -0.464 e. The summed E-state index contributed by atoms with van der Waals surface area (Å²) in [5.41, 5.74) is 1.23. The highest BCUT2D eigenvalue weighted by atomic mass is 16.5. The molecule has 0 fully saturated rings. The van der Waals surface area contributed by atoms with Crippen molar-refractivity contribution < 1.29 is 9.53 Å². The third kappa shape index (κ3) is 1.20. The molecule has 66 valence electrons. The zero-order chi connectivity index (χ0) is 9.30. The molecule has 1 aromatic heterocycles. The van der Waals surface area contributed by atoms with Crippen LogP contribution in [0.25, 0.3) is 0 Å². The van der Waals surface area contributed by atoms with Crippen molar-refractivity contribution in [1.82, 2.24) is 9.55 Å². The molecule has 0 N–H and O–H groups in total. The molecule has 0 aromatic carbocycles. The van der Waals surface area contributed by atoms with Crippen LogP contribution in [-0.2, 0) is 11.8 Å². The lowest BCUT2D eigenvalue weighted by molar-refractivity contribution is 0.0593. The predicted octanol–water partition coefficient (Wildman–Crippen LogP) is 0.824. The van der Waals surface area contributed by atoms with Gasteiger partial charge in [-0.2, -0.15) is 0 Å². The number of aromatic nitrogens is 2. The van der Waals surface area contributed by atoms with E-state index in [0.717, 1.165) is 11.5 Å². The SMILES string of the molecule is COC(=O)c1nc(C)n(C)c1C. The van der Waals surface area contributed by atoms with Crippen LogP contribution in [0.5, 0.6) is 0 Å². The quantitative estimate of drug-likeness (QED) is 0.583. The summed E-state index contributed by atoms with van der Waals surface area (Å²) in [5.74, 6) is 0.434. The second-order valence-corrected chi connectivity index (χ2v) is 2.64. The van der Waals surface area contributed by atoms with E-state index in [1.165, 1.54) is 7.11 Å². The number of aryl methyl sites for hydroxylation is 1. The summed E-state index contributed by atoms with van der Waals surface area (Å²) in [6.07, 6.45) is 0. The van der Waals surface area contributed by atoms with Gasteiger partial charge in [-0.05, 0) is 13.8 Å². The first-order chi connectivity index (χ1) is 5.57. The van der Waals surface area contributed by atoms with E-state index in [0.29, 0.717) is 5.69 Å². The van der Waals surface area contributed by atoms with Gasteiger partial charge >= 0.3 is 5.97 Å². The van der Waals surface area contributed by atoms with Crippen LogP contribution in [0.4, 0.5) is 0 Å². The summed E-state index contributed by atoms with van der Waals surface area (Å²) in [7, 11) is 3.22. The number of carbonyl (C=O) groups is 1. The van der Waals surface area contributed by atoms with Crippen molar-refractivity contribution in [2.45, 2.75) is 13.8 Å². The Hall–Kier alpha value is -1.32. The fourth-order valence-corrected chi connectivity index (χ4v) is 1.01. The van der Waals surface area contributed by atoms with Crippen LogP contribution in [0.15, 0.2) is 0 Å². The number of hydrogen-bond donors (Lipinski definition) is 0. The van der Waals surface area contributed by atoms with Gasteiger partial charge in [-0.15, -0.1) is 0 Å². The molecule has 0 atom stereocenters. The van der Waals surface area contributed by atoms with Crippen molar-refractivity contribution in [3.8, 4) is 0 Å². The Balaban J connectivity index is 3.17. The highest BCUT2D eigenvalue weighted by Crippen LogP contribution is 2.08. The Kier molecular flexibility index (Phi) is 2.17. The van der Waals surface area contributed by atoms with E-state index in [-0.39, 0.29) is 5.97 Å². The van der Waals surface area contributed by atoms with E-state index in [1.807, 2.05) is 25.5 Å². The highest BCUT2D eigenvalue weighted by Gasteiger charge is 2.15. The molecule has 1 heterocycles. The molecule has 0 amide bonds. The molecule has 0 aliphatic rings. The first kappa shape index (κ1) is 8.77. The van der Waals surface area contributed by atoms with Gasteiger partial charge in [0.2, 0.25) is 0 Å². The maximum Gasteiger partial charge on any atom is 0.358 e. The number of methoxy groups -OCH3 is 1. The lowest BCUT2D eigenvalue weighted by Crippen LogP contribution is -2.04. The maximum absolute atomic E-state index is 11.1. The van der Waals surface area contributed by atoms with Crippen LogP contribution >= 0.6 is 0 Å². The molecule has 0 unspecified atom stereocenters. The second kappa shape index (κ2) is 2.97. The first-order valence-electron chi connectivity index (χ1n) is 3.66. The molecule has 0 bridgehead atoms. The molecule has 12 heavy (non-hydrogen) atoms.